The SMILES string of the molecule is CC(C)Cn1nnc2cc(CN)ccc21. The summed E-state index contributed by atoms with van der Waals surface area (Å²) in [5.74, 6) is 0.573. The average molecular weight is 204 g/mol. The van der Waals surface area contributed by atoms with E-state index in [0.29, 0.717) is 12.5 Å². The van der Waals surface area contributed by atoms with Gasteiger partial charge in [-0.25, -0.2) is 4.68 Å². The second-order valence-corrected chi connectivity index (χ2v) is 4.19. The van der Waals surface area contributed by atoms with Gasteiger partial charge in [0.25, 0.3) is 0 Å². The van der Waals surface area contributed by atoms with E-state index < -0.39 is 0 Å². The maximum Gasteiger partial charge on any atom is 0.113 e. The number of aromatic nitrogens is 3. The third kappa shape index (κ3) is 1.99. The molecular weight excluding hydrogens is 188 g/mol. The Kier molecular flexibility index (Phi) is 2.68. The Balaban J connectivity index is 2.43. The van der Waals surface area contributed by atoms with Gasteiger partial charge in [-0.05, 0) is 23.6 Å². The molecule has 1 aromatic carbocycles. The van der Waals surface area contributed by atoms with Crippen LogP contribution in [-0.4, -0.2) is 15.0 Å². The van der Waals surface area contributed by atoms with E-state index in [1.807, 2.05) is 22.9 Å². The highest BCUT2D eigenvalue weighted by Crippen LogP contribution is 2.14. The van der Waals surface area contributed by atoms with Crippen molar-refractivity contribution < 1.29 is 0 Å². The lowest BCUT2D eigenvalue weighted by Gasteiger charge is -2.04. The fraction of sp³-hybridized carbons (Fsp3) is 0.455. The fourth-order valence-electron chi connectivity index (χ4n) is 1.63. The van der Waals surface area contributed by atoms with E-state index >= 15 is 0 Å². The molecule has 80 valence electrons. The van der Waals surface area contributed by atoms with Gasteiger partial charge in [0.1, 0.15) is 5.52 Å². The van der Waals surface area contributed by atoms with Crippen molar-refractivity contribution in [2.75, 3.05) is 0 Å². The van der Waals surface area contributed by atoms with E-state index in [4.69, 9.17) is 5.73 Å². The maximum absolute atomic E-state index is 5.57. The summed E-state index contributed by atoms with van der Waals surface area (Å²) in [5.41, 5.74) is 8.68. The van der Waals surface area contributed by atoms with Crippen molar-refractivity contribution in [1.82, 2.24) is 15.0 Å². The molecule has 2 aromatic rings. The molecule has 4 heteroatoms. The Morgan fingerprint density at radius 1 is 1.40 bits per heavy atom. The van der Waals surface area contributed by atoms with Crippen LogP contribution in [0.5, 0.6) is 0 Å². The van der Waals surface area contributed by atoms with Gasteiger partial charge < -0.3 is 5.73 Å². The quantitative estimate of drug-likeness (QED) is 0.825. The summed E-state index contributed by atoms with van der Waals surface area (Å²) in [6, 6.07) is 6.07. The first-order chi connectivity index (χ1) is 7.20. The fourth-order valence-corrected chi connectivity index (χ4v) is 1.63. The molecule has 0 radical (unpaired) electrons. The summed E-state index contributed by atoms with van der Waals surface area (Å²) in [7, 11) is 0. The summed E-state index contributed by atoms with van der Waals surface area (Å²) >= 11 is 0. The Hall–Kier alpha value is -1.42. The third-order valence-electron chi connectivity index (χ3n) is 2.35. The Bertz CT molecular complexity index is 459. The van der Waals surface area contributed by atoms with Gasteiger partial charge in [0.05, 0.1) is 5.52 Å². The van der Waals surface area contributed by atoms with Crippen molar-refractivity contribution >= 4 is 11.0 Å². The molecule has 15 heavy (non-hydrogen) atoms. The lowest BCUT2D eigenvalue weighted by atomic mass is 10.2. The van der Waals surface area contributed by atoms with Crippen LogP contribution in [0.4, 0.5) is 0 Å². The van der Waals surface area contributed by atoms with Gasteiger partial charge >= 0.3 is 0 Å². The van der Waals surface area contributed by atoms with Gasteiger partial charge in [-0.3, -0.25) is 0 Å². The Labute approximate surface area is 89.1 Å². The molecule has 0 saturated heterocycles. The number of nitrogens with two attached hydrogens (primary N) is 1. The van der Waals surface area contributed by atoms with E-state index in [-0.39, 0.29) is 0 Å². The van der Waals surface area contributed by atoms with E-state index in [2.05, 4.69) is 24.2 Å². The number of fused-ring (bicyclic) bond motifs is 1. The molecule has 2 rings (SSSR count). The van der Waals surface area contributed by atoms with Crippen LogP contribution in [0, 0.1) is 5.92 Å². The van der Waals surface area contributed by atoms with Crippen LogP contribution in [0.2, 0.25) is 0 Å². The first-order valence-electron chi connectivity index (χ1n) is 5.23. The average Bonchev–Trinajstić information content (AvgIpc) is 2.60. The molecule has 0 fully saturated rings. The molecule has 4 nitrogen and oxygen atoms in total. The summed E-state index contributed by atoms with van der Waals surface area (Å²) in [6.45, 7) is 5.79. The van der Waals surface area contributed by atoms with Crippen molar-refractivity contribution in [1.29, 1.82) is 0 Å². The molecule has 0 aliphatic rings. The standard InChI is InChI=1S/C11H16N4/c1-8(2)7-15-11-4-3-9(6-12)5-10(11)13-14-15/h3-5,8H,6-7,12H2,1-2H3. The maximum atomic E-state index is 5.57. The molecule has 2 N–H and O–H groups in total. The molecule has 1 aromatic heterocycles. The van der Waals surface area contributed by atoms with E-state index in [0.717, 1.165) is 23.1 Å². The second-order valence-electron chi connectivity index (χ2n) is 4.19. The van der Waals surface area contributed by atoms with E-state index in [1.54, 1.807) is 0 Å². The molecule has 0 bridgehead atoms. The van der Waals surface area contributed by atoms with Crippen LogP contribution in [0.15, 0.2) is 18.2 Å². The first-order valence-corrected chi connectivity index (χ1v) is 5.23. The van der Waals surface area contributed by atoms with E-state index in [1.165, 1.54) is 0 Å². The van der Waals surface area contributed by atoms with Crippen LogP contribution < -0.4 is 5.73 Å². The number of hydrogen-bond donors (Lipinski definition) is 1. The van der Waals surface area contributed by atoms with Gasteiger partial charge in [-0.2, -0.15) is 0 Å². The normalized spacial score (nSPS) is 11.5. The highest BCUT2D eigenvalue weighted by atomic mass is 15.4. The molecule has 0 unspecified atom stereocenters. The van der Waals surface area contributed by atoms with E-state index in [9.17, 15) is 0 Å². The van der Waals surface area contributed by atoms with Crippen molar-refractivity contribution in [3.63, 3.8) is 0 Å². The molecular formula is C11H16N4. The largest absolute Gasteiger partial charge is 0.326 e. The zero-order valence-electron chi connectivity index (χ0n) is 9.14. The molecule has 0 aliphatic heterocycles. The Morgan fingerprint density at radius 3 is 2.87 bits per heavy atom. The minimum Gasteiger partial charge on any atom is -0.326 e. The molecule has 0 amide bonds. The van der Waals surface area contributed by atoms with Gasteiger partial charge in [-0.1, -0.05) is 25.1 Å². The van der Waals surface area contributed by atoms with Gasteiger partial charge in [0.2, 0.25) is 0 Å². The summed E-state index contributed by atoms with van der Waals surface area (Å²) < 4.78 is 1.94. The van der Waals surface area contributed by atoms with Crippen molar-refractivity contribution in [3.8, 4) is 0 Å². The summed E-state index contributed by atoms with van der Waals surface area (Å²) in [5, 5.41) is 8.27. The molecule has 0 spiro atoms. The van der Waals surface area contributed by atoms with Crippen LogP contribution in [0.25, 0.3) is 11.0 Å². The highest BCUT2D eigenvalue weighted by molar-refractivity contribution is 5.74. The first kappa shape index (κ1) is 10.1. The van der Waals surface area contributed by atoms with Gasteiger partial charge in [0, 0.05) is 13.1 Å². The predicted molar refractivity (Wildman–Crippen MR) is 60.3 cm³/mol. The smallest absolute Gasteiger partial charge is 0.113 e. The number of nitrogens with zero attached hydrogens (tertiary/aromatic N) is 3. The third-order valence-corrected chi connectivity index (χ3v) is 2.35. The Morgan fingerprint density at radius 2 is 2.20 bits per heavy atom. The lowest BCUT2D eigenvalue weighted by molar-refractivity contribution is 0.483. The molecule has 0 aliphatic carbocycles. The zero-order chi connectivity index (χ0) is 10.8. The highest BCUT2D eigenvalue weighted by Gasteiger charge is 2.05. The molecule has 0 saturated carbocycles. The van der Waals surface area contributed by atoms with Crippen molar-refractivity contribution in [3.05, 3.63) is 23.8 Å². The summed E-state index contributed by atoms with van der Waals surface area (Å²) in [4.78, 5) is 0. The van der Waals surface area contributed by atoms with Gasteiger partial charge in [0.15, 0.2) is 0 Å². The van der Waals surface area contributed by atoms with Crippen LogP contribution in [0.3, 0.4) is 0 Å². The molecule has 1 heterocycles. The minimum absolute atomic E-state index is 0.549. The van der Waals surface area contributed by atoms with Crippen LogP contribution in [0.1, 0.15) is 19.4 Å². The van der Waals surface area contributed by atoms with Crippen molar-refractivity contribution in [2.45, 2.75) is 26.9 Å². The monoisotopic (exact) mass is 204 g/mol. The second kappa shape index (κ2) is 3.98. The van der Waals surface area contributed by atoms with Crippen molar-refractivity contribution in [2.24, 2.45) is 11.7 Å². The number of rotatable bonds is 3. The van der Waals surface area contributed by atoms with Gasteiger partial charge in [-0.15, -0.1) is 5.10 Å². The van der Waals surface area contributed by atoms with Crippen LogP contribution in [-0.2, 0) is 13.1 Å². The number of benzene rings is 1. The predicted octanol–water partition coefficient (Wildman–Crippen LogP) is 1.55. The topological polar surface area (TPSA) is 56.7 Å². The minimum atomic E-state index is 0.549. The summed E-state index contributed by atoms with van der Waals surface area (Å²) in [6.07, 6.45) is 0. The zero-order valence-corrected chi connectivity index (χ0v) is 9.14. The molecule has 0 atom stereocenters. The number of hydrogen-bond acceptors (Lipinski definition) is 3. The van der Waals surface area contributed by atoms with Crippen LogP contribution >= 0.6 is 0 Å². The lowest BCUT2D eigenvalue weighted by Crippen LogP contribution is -2.06.